The zero-order valence-corrected chi connectivity index (χ0v) is 13.9. The van der Waals surface area contributed by atoms with Gasteiger partial charge in [0.25, 0.3) is 0 Å². The molecule has 3 amide bonds. The molecule has 2 N–H and O–H groups in total. The lowest BCUT2D eigenvalue weighted by Crippen LogP contribution is -2.44. The molecule has 1 aromatic rings. The highest BCUT2D eigenvalue weighted by Crippen LogP contribution is 2.43. The predicted molar refractivity (Wildman–Crippen MR) is 86.0 cm³/mol. The lowest BCUT2D eigenvalue weighted by Gasteiger charge is -2.24. The molecule has 8 heteroatoms. The van der Waals surface area contributed by atoms with E-state index in [1.54, 1.807) is 12.1 Å². The largest absolute Gasteiger partial charge is 0.481 e. The number of hydrogen-bond acceptors (Lipinski definition) is 3. The molecule has 134 valence electrons. The number of nitrogens with one attached hydrogen (secondary N) is 1. The Morgan fingerprint density at radius 1 is 1.32 bits per heavy atom. The predicted octanol–water partition coefficient (Wildman–Crippen LogP) is 0.900. The van der Waals surface area contributed by atoms with Gasteiger partial charge in [0.2, 0.25) is 5.91 Å². The first kappa shape index (κ1) is 17.2. The van der Waals surface area contributed by atoms with Crippen molar-refractivity contribution in [3.05, 3.63) is 35.6 Å². The number of amides is 3. The van der Waals surface area contributed by atoms with Gasteiger partial charge in [0, 0.05) is 32.7 Å². The maximum atomic E-state index is 12.9. The van der Waals surface area contributed by atoms with Gasteiger partial charge in [-0.15, -0.1) is 0 Å². The monoisotopic (exact) mass is 349 g/mol. The number of benzene rings is 1. The Morgan fingerprint density at radius 3 is 2.56 bits per heavy atom. The van der Waals surface area contributed by atoms with Gasteiger partial charge in [-0.3, -0.25) is 9.59 Å². The smallest absolute Gasteiger partial charge is 0.317 e. The molecule has 0 bridgehead atoms. The molecule has 2 aliphatic heterocycles. The normalized spacial score (nSPS) is 25.2. The highest BCUT2D eigenvalue weighted by atomic mass is 19.1. The Labute approximate surface area is 144 Å². The Balaban J connectivity index is 1.67. The zero-order chi connectivity index (χ0) is 18.2. The van der Waals surface area contributed by atoms with Crippen LogP contribution in [-0.4, -0.2) is 59.0 Å². The highest BCUT2D eigenvalue weighted by molar-refractivity contribution is 5.93. The van der Waals surface area contributed by atoms with Crippen molar-refractivity contribution >= 4 is 17.9 Å². The van der Waals surface area contributed by atoms with Gasteiger partial charge in [-0.05, 0) is 24.6 Å². The number of hydrogen-bond donors (Lipinski definition) is 2. The number of carbonyl (C=O) groups is 3. The Hall–Kier alpha value is -2.64. The number of carboxylic acid groups (broad SMARTS) is 1. The molecule has 0 aromatic heterocycles. The van der Waals surface area contributed by atoms with Gasteiger partial charge in [0.1, 0.15) is 11.2 Å². The fraction of sp³-hybridized carbons (Fsp3) is 0.471. The zero-order valence-electron chi connectivity index (χ0n) is 13.9. The van der Waals surface area contributed by atoms with Crippen LogP contribution >= 0.6 is 0 Å². The van der Waals surface area contributed by atoms with Crippen molar-refractivity contribution < 1.29 is 23.9 Å². The SMILES string of the molecule is CCN1C[C@@]2(C(=O)O)CN(C(=O)NCc3ccc(F)cc3)C[C@H]2C1=O. The number of aliphatic carboxylic acids is 1. The first-order valence-electron chi connectivity index (χ1n) is 8.17. The average Bonchev–Trinajstić information content (AvgIpc) is 3.10. The number of carbonyl (C=O) groups excluding carboxylic acids is 2. The molecule has 2 aliphatic rings. The number of likely N-dealkylation sites (tertiary alicyclic amines) is 2. The molecule has 3 rings (SSSR count). The summed E-state index contributed by atoms with van der Waals surface area (Å²) in [6.07, 6.45) is 0. The van der Waals surface area contributed by atoms with Crippen LogP contribution in [0.4, 0.5) is 9.18 Å². The van der Waals surface area contributed by atoms with E-state index in [1.807, 2.05) is 6.92 Å². The second kappa shape index (κ2) is 6.34. The van der Waals surface area contributed by atoms with E-state index in [0.717, 1.165) is 5.56 Å². The minimum Gasteiger partial charge on any atom is -0.481 e. The molecule has 2 atom stereocenters. The van der Waals surface area contributed by atoms with Gasteiger partial charge in [-0.2, -0.15) is 0 Å². The fourth-order valence-corrected chi connectivity index (χ4v) is 3.62. The summed E-state index contributed by atoms with van der Waals surface area (Å²) in [6, 6.07) is 5.32. The molecular formula is C17H20FN3O4. The Kier molecular flexibility index (Phi) is 4.36. The lowest BCUT2D eigenvalue weighted by molar-refractivity contribution is -0.149. The van der Waals surface area contributed by atoms with E-state index < -0.39 is 23.3 Å². The van der Waals surface area contributed by atoms with Crippen molar-refractivity contribution in [2.24, 2.45) is 11.3 Å². The molecule has 0 aliphatic carbocycles. The summed E-state index contributed by atoms with van der Waals surface area (Å²) in [5, 5.41) is 12.4. The van der Waals surface area contributed by atoms with Crippen molar-refractivity contribution in [3.63, 3.8) is 0 Å². The van der Waals surface area contributed by atoms with E-state index in [2.05, 4.69) is 5.32 Å². The first-order chi connectivity index (χ1) is 11.9. The summed E-state index contributed by atoms with van der Waals surface area (Å²) in [4.78, 5) is 39.5. The van der Waals surface area contributed by atoms with Gasteiger partial charge in [0.05, 0.1) is 5.92 Å². The standard InChI is InChI=1S/C17H20FN3O4/c1-2-20-9-17(15(23)24)10-21(8-13(17)14(20)22)16(25)19-7-11-3-5-12(18)6-4-11/h3-6,13H,2,7-10H2,1H3,(H,19,25)(H,23,24)/t13-,17+/m0/s1. The van der Waals surface area contributed by atoms with Crippen LogP contribution in [0.5, 0.6) is 0 Å². The number of carboxylic acids is 1. The third kappa shape index (κ3) is 2.92. The van der Waals surface area contributed by atoms with Crippen LogP contribution in [0.25, 0.3) is 0 Å². The highest BCUT2D eigenvalue weighted by Gasteiger charge is 2.62. The topological polar surface area (TPSA) is 90.0 Å². The van der Waals surface area contributed by atoms with E-state index in [-0.39, 0.29) is 37.9 Å². The maximum Gasteiger partial charge on any atom is 0.317 e. The summed E-state index contributed by atoms with van der Waals surface area (Å²) in [5.74, 6) is -2.32. The van der Waals surface area contributed by atoms with Crippen molar-refractivity contribution in [2.75, 3.05) is 26.2 Å². The summed E-state index contributed by atoms with van der Waals surface area (Å²) in [6.45, 7) is 2.70. The van der Waals surface area contributed by atoms with E-state index in [9.17, 15) is 23.9 Å². The molecule has 2 saturated heterocycles. The molecule has 25 heavy (non-hydrogen) atoms. The van der Waals surface area contributed by atoms with Crippen LogP contribution < -0.4 is 5.32 Å². The van der Waals surface area contributed by atoms with Crippen LogP contribution in [0.15, 0.2) is 24.3 Å². The maximum absolute atomic E-state index is 12.9. The van der Waals surface area contributed by atoms with Crippen molar-refractivity contribution in [3.8, 4) is 0 Å². The van der Waals surface area contributed by atoms with Crippen molar-refractivity contribution in [1.29, 1.82) is 0 Å². The van der Waals surface area contributed by atoms with Crippen molar-refractivity contribution in [1.82, 2.24) is 15.1 Å². The quantitative estimate of drug-likeness (QED) is 0.845. The van der Waals surface area contributed by atoms with Crippen LogP contribution in [0.3, 0.4) is 0 Å². The van der Waals surface area contributed by atoms with Crippen LogP contribution in [0.2, 0.25) is 0 Å². The number of fused-ring (bicyclic) bond motifs is 1. The van der Waals surface area contributed by atoms with Gasteiger partial charge in [0.15, 0.2) is 0 Å². The molecule has 7 nitrogen and oxygen atoms in total. The lowest BCUT2D eigenvalue weighted by atomic mass is 9.81. The van der Waals surface area contributed by atoms with E-state index in [0.29, 0.717) is 6.54 Å². The minimum absolute atomic E-state index is 0.00446. The third-order valence-corrected chi connectivity index (χ3v) is 5.08. The molecule has 0 unspecified atom stereocenters. The van der Waals surface area contributed by atoms with Gasteiger partial charge in [-0.1, -0.05) is 12.1 Å². The Morgan fingerprint density at radius 2 is 2.00 bits per heavy atom. The Bertz CT molecular complexity index is 708. The molecule has 0 radical (unpaired) electrons. The molecule has 0 spiro atoms. The summed E-state index contributed by atoms with van der Waals surface area (Å²) < 4.78 is 12.9. The fourth-order valence-electron chi connectivity index (χ4n) is 3.62. The molecule has 0 saturated carbocycles. The molecule has 1 aromatic carbocycles. The van der Waals surface area contributed by atoms with E-state index in [1.165, 1.54) is 21.9 Å². The van der Waals surface area contributed by atoms with E-state index in [4.69, 9.17) is 0 Å². The number of nitrogens with zero attached hydrogens (tertiary/aromatic N) is 2. The first-order valence-corrected chi connectivity index (χ1v) is 8.17. The van der Waals surface area contributed by atoms with Crippen LogP contribution in [-0.2, 0) is 16.1 Å². The average molecular weight is 349 g/mol. The third-order valence-electron chi connectivity index (χ3n) is 5.08. The number of rotatable bonds is 4. The van der Waals surface area contributed by atoms with Gasteiger partial charge in [-0.25, -0.2) is 9.18 Å². The summed E-state index contributed by atoms with van der Waals surface area (Å²) in [7, 11) is 0. The van der Waals surface area contributed by atoms with Crippen LogP contribution in [0.1, 0.15) is 12.5 Å². The van der Waals surface area contributed by atoms with Gasteiger partial charge >= 0.3 is 12.0 Å². The van der Waals surface area contributed by atoms with E-state index >= 15 is 0 Å². The van der Waals surface area contributed by atoms with Gasteiger partial charge < -0.3 is 20.2 Å². The summed E-state index contributed by atoms with van der Waals surface area (Å²) in [5.41, 5.74) is -0.504. The molecule has 2 heterocycles. The van der Waals surface area contributed by atoms with Crippen LogP contribution in [0, 0.1) is 17.2 Å². The molecule has 2 fully saturated rings. The number of urea groups is 1. The second-order valence-corrected chi connectivity index (χ2v) is 6.53. The summed E-state index contributed by atoms with van der Waals surface area (Å²) >= 11 is 0. The van der Waals surface area contributed by atoms with Crippen molar-refractivity contribution in [2.45, 2.75) is 13.5 Å². The molecular weight excluding hydrogens is 329 g/mol. The second-order valence-electron chi connectivity index (χ2n) is 6.53. The minimum atomic E-state index is -1.24. The number of halogens is 1.